The molecule has 27 heavy (non-hydrogen) atoms. The maximum Gasteiger partial charge on any atom is 0.231 e. The topological polar surface area (TPSA) is 67.8 Å². The first kappa shape index (κ1) is 17.7. The molecule has 1 amide bonds. The van der Waals surface area contributed by atoms with Crippen LogP contribution in [0.5, 0.6) is 17.2 Å². The van der Waals surface area contributed by atoms with Crippen molar-refractivity contribution in [2.75, 3.05) is 12.1 Å². The zero-order valence-electron chi connectivity index (χ0n) is 15.3. The Kier molecular flexibility index (Phi) is 5.19. The van der Waals surface area contributed by atoms with Crippen LogP contribution in [-0.4, -0.2) is 17.8 Å². The molecule has 1 unspecified atom stereocenters. The van der Waals surface area contributed by atoms with Crippen LogP contribution in [0.3, 0.4) is 0 Å². The number of phenolic OH excluding ortho intramolecular Hbond substituents is 1. The van der Waals surface area contributed by atoms with Gasteiger partial charge in [-0.15, -0.1) is 0 Å². The summed E-state index contributed by atoms with van der Waals surface area (Å²) in [5.74, 6) is 1.25. The second-order valence-corrected chi connectivity index (χ2v) is 7.41. The second-order valence-electron chi connectivity index (χ2n) is 7.41. The van der Waals surface area contributed by atoms with E-state index in [9.17, 15) is 9.90 Å². The quantitative estimate of drug-likeness (QED) is 0.764. The van der Waals surface area contributed by atoms with Crippen LogP contribution in [0.15, 0.2) is 42.5 Å². The number of phenols is 1. The fourth-order valence-corrected chi connectivity index (χ4v) is 4.13. The molecule has 1 fully saturated rings. The summed E-state index contributed by atoms with van der Waals surface area (Å²) in [6, 6.07) is 13.3. The van der Waals surface area contributed by atoms with Gasteiger partial charge in [-0.2, -0.15) is 0 Å². The van der Waals surface area contributed by atoms with E-state index in [2.05, 4.69) is 17.4 Å². The summed E-state index contributed by atoms with van der Waals surface area (Å²) < 4.78 is 10.6. The molecule has 0 bridgehead atoms. The summed E-state index contributed by atoms with van der Waals surface area (Å²) in [5, 5.41) is 13.2. The Labute approximate surface area is 159 Å². The smallest absolute Gasteiger partial charge is 0.231 e. The summed E-state index contributed by atoms with van der Waals surface area (Å²) in [7, 11) is 0. The highest BCUT2D eigenvalue weighted by atomic mass is 16.7. The third-order valence-corrected chi connectivity index (χ3v) is 5.60. The van der Waals surface area contributed by atoms with Crippen molar-refractivity contribution in [3.8, 4) is 17.2 Å². The minimum Gasteiger partial charge on any atom is -0.506 e. The predicted octanol–water partition coefficient (Wildman–Crippen LogP) is 4.50. The summed E-state index contributed by atoms with van der Waals surface area (Å²) in [4.78, 5) is 13.2. The molecule has 2 aliphatic rings. The van der Waals surface area contributed by atoms with Gasteiger partial charge in [0, 0.05) is 18.1 Å². The average Bonchev–Trinajstić information content (AvgIpc) is 3.15. The van der Waals surface area contributed by atoms with Gasteiger partial charge in [0.05, 0.1) is 5.69 Å². The van der Waals surface area contributed by atoms with Crippen molar-refractivity contribution in [2.24, 2.45) is 11.8 Å². The van der Waals surface area contributed by atoms with Gasteiger partial charge in [0.1, 0.15) is 5.75 Å². The lowest BCUT2D eigenvalue weighted by Gasteiger charge is -2.29. The molecule has 1 aliphatic heterocycles. The molecule has 0 spiro atoms. The number of carbonyl (C=O) groups excluding carboxylic acids is 1. The van der Waals surface area contributed by atoms with Crippen LogP contribution in [0, 0.1) is 11.8 Å². The maximum atomic E-state index is 13.2. The molecule has 4 rings (SSSR count). The zero-order valence-corrected chi connectivity index (χ0v) is 15.3. The number of aromatic hydroxyl groups is 1. The van der Waals surface area contributed by atoms with Gasteiger partial charge in [-0.3, -0.25) is 4.79 Å². The predicted molar refractivity (Wildman–Crippen MR) is 103 cm³/mol. The van der Waals surface area contributed by atoms with E-state index in [0.717, 1.165) is 18.4 Å². The molecule has 5 heteroatoms. The molecule has 1 heterocycles. The fraction of sp³-hybridized carbons (Fsp3) is 0.409. The summed E-state index contributed by atoms with van der Waals surface area (Å²) in [6.45, 7) is 0.130. The number of carbonyl (C=O) groups is 1. The lowest BCUT2D eigenvalue weighted by molar-refractivity contribution is -0.121. The number of benzene rings is 2. The number of nitrogens with one attached hydrogen (secondary N) is 1. The third-order valence-electron chi connectivity index (χ3n) is 5.60. The first-order valence-corrected chi connectivity index (χ1v) is 9.68. The van der Waals surface area contributed by atoms with Gasteiger partial charge in [0.2, 0.25) is 12.7 Å². The van der Waals surface area contributed by atoms with E-state index in [-0.39, 0.29) is 24.4 Å². The molecule has 2 aromatic carbocycles. The van der Waals surface area contributed by atoms with Crippen LogP contribution in [0.2, 0.25) is 0 Å². The molecular weight excluding hydrogens is 342 g/mol. The lowest BCUT2D eigenvalue weighted by atomic mass is 9.77. The summed E-state index contributed by atoms with van der Waals surface area (Å²) in [6.07, 6.45) is 6.48. The van der Waals surface area contributed by atoms with Crippen molar-refractivity contribution in [1.29, 1.82) is 0 Å². The first-order valence-electron chi connectivity index (χ1n) is 9.68. The van der Waals surface area contributed by atoms with Gasteiger partial charge in [-0.25, -0.2) is 0 Å². The molecule has 0 radical (unpaired) electrons. The number of amides is 1. The standard InChI is InChI=1S/C22H25NO4/c24-19-13-21-20(26-14-27-21)12-18(19)23-22(25)17(16-9-5-2-6-10-16)11-15-7-3-1-4-8-15/h1,3-4,7-8,12-13,16-17,24H,2,5-6,9-11,14H2,(H,23,25). The Hall–Kier alpha value is -2.69. The molecule has 1 saturated carbocycles. The van der Waals surface area contributed by atoms with Gasteiger partial charge in [-0.1, -0.05) is 49.6 Å². The summed E-state index contributed by atoms with van der Waals surface area (Å²) in [5.41, 5.74) is 1.54. The van der Waals surface area contributed by atoms with Gasteiger partial charge in [0.25, 0.3) is 0 Å². The Morgan fingerprint density at radius 1 is 1.07 bits per heavy atom. The van der Waals surface area contributed by atoms with Crippen LogP contribution in [0.25, 0.3) is 0 Å². The van der Waals surface area contributed by atoms with Gasteiger partial charge < -0.3 is 19.9 Å². The zero-order chi connectivity index (χ0) is 18.6. The highest BCUT2D eigenvalue weighted by molar-refractivity contribution is 5.94. The molecule has 0 aromatic heterocycles. The molecule has 2 N–H and O–H groups in total. The molecule has 142 valence electrons. The molecule has 5 nitrogen and oxygen atoms in total. The van der Waals surface area contributed by atoms with E-state index >= 15 is 0 Å². The van der Waals surface area contributed by atoms with Crippen molar-refractivity contribution in [3.05, 3.63) is 48.0 Å². The lowest BCUT2D eigenvalue weighted by Crippen LogP contribution is -2.32. The second kappa shape index (κ2) is 7.91. The van der Waals surface area contributed by atoms with Gasteiger partial charge >= 0.3 is 0 Å². The molecule has 1 aliphatic carbocycles. The average molecular weight is 367 g/mol. The van der Waals surface area contributed by atoms with Crippen molar-refractivity contribution < 1.29 is 19.4 Å². The maximum absolute atomic E-state index is 13.2. The monoisotopic (exact) mass is 367 g/mol. The van der Waals surface area contributed by atoms with E-state index in [4.69, 9.17) is 9.47 Å². The van der Waals surface area contributed by atoms with Crippen molar-refractivity contribution in [2.45, 2.75) is 38.5 Å². The summed E-state index contributed by atoms with van der Waals surface area (Å²) >= 11 is 0. The largest absolute Gasteiger partial charge is 0.506 e. The number of fused-ring (bicyclic) bond motifs is 1. The van der Waals surface area contributed by atoms with Crippen LogP contribution in [0.4, 0.5) is 5.69 Å². The Bertz CT molecular complexity index is 799. The van der Waals surface area contributed by atoms with Crippen molar-refractivity contribution in [1.82, 2.24) is 0 Å². The van der Waals surface area contributed by atoms with Crippen LogP contribution in [-0.2, 0) is 11.2 Å². The van der Waals surface area contributed by atoms with Crippen LogP contribution >= 0.6 is 0 Å². The minimum atomic E-state index is -0.113. The third kappa shape index (κ3) is 4.02. The number of rotatable bonds is 5. The first-order chi connectivity index (χ1) is 13.2. The number of anilines is 1. The minimum absolute atomic E-state index is 0.00490. The van der Waals surface area contributed by atoms with Crippen LogP contribution < -0.4 is 14.8 Å². The Morgan fingerprint density at radius 3 is 2.52 bits per heavy atom. The van der Waals surface area contributed by atoms with Gasteiger partial charge in [-0.05, 0) is 30.7 Å². The SMILES string of the molecule is O=C(Nc1cc2c(cc1O)OCO2)C(Cc1ccccc1)C1CCCCC1. The number of ether oxygens (including phenoxy) is 2. The van der Waals surface area contributed by atoms with E-state index < -0.39 is 0 Å². The highest BCUT2D eigenvalue weighted by Crippen LogP contribution is 2.41. The Morgan fingerprint density at radius 2 is 1.78 bits per heavy atom. The van der Waals surface area contributed by atoms with E-state index in [1.54, 1.807) is 6.07 Å². The Balaban J connectivity index is 1.55. The molecule has 2 aromatic rings. The molecule has 1 atom stereocenters. The van der Waals surface area contributed by atoms with E-state index in [0.29, 0.717) is 29.5 Å². The number of hydrogen-bond acceptors (Lipinski definition) is 4. The van der Waals surface area contributed by atoms with Crippen molar-refractivity contribution in [3.63, 3.8) is 0 Å². The van der Waals surface area contributed by atoms with E-state index in [1.165, 1.54) is 25.3 Å². The molecule has 0 saturated heterocycles. The molecular formula is C22H25NO4. The van der Waals surface area contributed by atoms with E-state index in [1.807, 2.05) is 18.2 Å². The number of hydrogen-bond donors (Lipinski definition) is 2. The highest BCUT2D eigenvalue weighted by Gasteiger charge is 2.30. The van der Waals surface area contributed by atoms with Gasteiger partial charge in [0.15, 0.2) is 11.5 Å². The normalized spacial score (nSPS) is 17.5. The van der Waals surface area contributed by atoms with Crippen LogP contribution in [0.1, 0.15) is 37.7 Å². The van der Waals surface area contributed by atoms with Crippen molar-refractivity contribution >= 4 is 11.6 Å². The fourth-order valence-electron chi connectivity index (χ4n) is 4.13.